The van der Waals surface area contributed by atoms with Crippen LogP contribution >= 0.6 is 11.8 Å². The van der Waals surface area contributed by atoms with Crippen molar-refractivity contribution in [2.45, 2.75) is 37.2 Å². The molecule has 3 nitrogen and oxygen atoms in total. The first-order chi connectivity index (χ1) is 9.59. The molecule has 0 aromatic heterocycles. The van der Waals surface area contributed by atoms with Crippen LogP contribution in [0.3, 0.4) is 0 Å². The summed E-state index contributed by atoms with van der Waals surface area (Å²) >= 11 is 1.40. The second-order valence-electron chi connectivity index (χ2n) is 5.10. The summed E-state index contributed by atoms with van der Waals surface area (Å²) in [6.07, 6.45) is 0.454. The van der Waals surface area contributed by atoms with Crippen LogP contribution in [0.5, 0.6) is 0 Å². The largest absolute Gasteiger partial charge is 0.337 e. The number of nitrogens with zero attached hydrogens (tertiary/aromatic N) is 1. The van der Waals surface area contributed by atoms with Gasteiger partial charge in [-0.15, -0.1) is 11.8 Å². The van der Waals surface area contributed by atoms with Gasteiger partial charge in [0.15, 0.2) is 0 Å². The molecular formula is C15H21FN2OS. The third-order valence-corrected chi connectivity index (χ3v) is 4.82. The average molecular weight is 296 g/mol. The Hall–Kier alpha value is -1.07. The van der Waals surface area contributed by atoms with E-state index in [-0.39, 0.29) is 17.8 Å². The molecule has 1 aliphatic heterocycles. The molecule has 0 spiro atoms. The molecule has 1 heterocycles. The summed E-state index contributed by atoms with van der Waals surface area (Å²) in [5, 5.41) is 3.36. The zero-order chi connectivity index (χ0) is 14.5. The molecule has 0 bridgehead atoms. The van der Waals surface area contributed by atoms with E-state index in [2.05, 4.69) is 19.2 Å². The predicted molar refractivity (Wildman–Crippen MR) is 80.4 cm³/mol. The Morgan fingerprint density at radius 2 is 2.20 bits per heavy atom. The van der Waals surface area contributed by atoms with Crippen molar-refractivity contribution < 1.29 is 9.18 Å². The minimum atomic E-state index is -0.214. The fraction of sp³-hybridized carbons (Fsp3) is 0.533. The molecule has 5 heteroatoms. The number of hydrogen-bond acceptors (Lipinski definition) is 3. The number of carbonyl (C=O) groups is 1. The number of amides is 1. The summed E-state index contributed by atoms with van der Waals surface area (Å²) in [6.45, 7) is 5.77. The van der Waals surface area contributed by atoms with Crippen LogP contribution in [-0.2, 0) is 4.79 Å². The number of hydrogen-bond donors (Lipinski definition) is 1. The lowest BCUT2D eigenvalue weighted by Gasteiger charge is -2.38. The van der Waals surface area contributed by atoms with Crippen LogP contribution < -0.4 is 5.32 Å². The molecule has 2 atom stereocenters. The van der Waals surface area contributed by atoms with Crippen molar-refractivity contribution in [3.8, 4) is 0 Å². The second kappa shape index (κ2) is 7.09. The Bertz CT molecular complexity index is 469. The van der Waals surface area contributed by atoms with Gasteiger partial charge in [0.05, 0.1) is 0 Å². The van der Waals surface area contributed by atoms with E-state index in [1.54, 1.807) is 12.1 Å². The first kappa shape index (κ1) is 15.3. The SMILES string of the molecule is CC1NCCN(C(=O)CCSc2ccccc2F)C1C. The zero-order valence-corrected chi connectivity index (χ0v) is 12.8. The molecule has 1 aliphatic rings. The summed E-state index contributed by atoms with van der Waals surface area (Å²) in [5.41, 5.74) is 0. The van der Waals surface area contributed by atoms with E-state index in [1.165, 1.54) is 17.8 Å². The number of rotatable bonds is 4. The van der Waals surface area contributed by atoms with Crippen LogP contribution in [0.25, 0.3) is 0 Å². The highest BCUT2D eigenvalue weighted by Gasteiger charge is 2.27. The van der Waals surface area contributed by atoms with Crippen LogP contribution in [-0.4, -0.2) is 41.7 Å². The summed E-state index contributed by atoms with van der Waals surface area (Å²) in [4.78, 5) is 14.8. The van der Waals surface area contributed by atoms with Gasteiger partial charge >= 0.3 is 0 Å². The first-order valence-corrected chi connectivity index (χ1v) is 7.98. The van der Waals surface area contributed by atoms with Crippen LogP contribution in [0.2, 0.25) is 0 Å². The zero-order valence-electron chi connectivity index (χ0n) is 11.9. The number of halogens is 1. The Kier molecular flexibility index (Phi) is 5.43. The monoisotopic (exact) mass is 296 g/mol. The molecule has 20 heavy (non-hydrogen) atoms. The van der Waals surface area contributed by atoms with Gasteiger partial charge in [-0.3, -0.25) is 4.79 Å². The smallest absolute Gasteiger partial charge is 0.223 e. The normalized spacial score (nSPS) is 22.9. The molecule has 2 unspecified atom stereocenters. The van der Waals surface area contributed by atoms with Crippen molar-refractivity contribution in [3.05, 3.63) is 30.1 Å². The first-order valence-electron chi connectivity index (χ1n) is 7.00. The van der Waals surface area contributed by atoms with Gasteiger partial charge in [-0.05, 0) is 26.0 Å². The van der Waals surface area contributed by atoms with Gasteiger partial charge in [0.25, 0.3) is 0 Å². The molecule has 1 aromatic rings. The van der Waals surface area contributed by atoms with Gasteiger partial charge in [0.1, 0.15) is 5.82 Å². The van der Waals surface area contributed by atoms with Crippen molar-refractivity contribution in [2.75, 3.05) is 18.8 Å². The fourth-order valence-corrected chi connectivity index (χ4v) is 3.24. The second-order valence-corrected chi connectivity index (χ2v) is 6.24. The molecule has 0 aliphatic carbocycles. The Morgan fingerprint density at radius 1 is 1.45 bits per heavy atom. The lowest BCUT2D eigenvalue weighted by atomic mass is 10.1. The van der Waals surface area contributed by atoms with E-state index in [0.717, 1.165) is 13.1 Å². The molecular weight excluding hydrogens is 275 g/mol. The van der Waals surface area contributed by atoms with E-state index in [0.29, 0.717) is 23.1 Å². The molecule has 1 aromatic carbocycles. The molecule has 1 fully saturated rings. The lowest BCUT2D eigenvalue weighted by Crippen LogP contribution is -2.57. The summed E-state index contributed by atoms with van der Waals surface area (Å²) in [7, 11) is 0. The van der Waals surface area contributed by atoms with Gasteiger partial charge in [-0.2, -0.15) is 0 Å². The summed E-state index contributed by atoms with van der Waals surface area (Å²) in [6, 6.07) is 7.23. The molecule has 1 N–H and O–H groups in total. The van der Waals surface area contributed by atoms with Gasteiger partial charge in [0.2, 0.25) is 5.91 Å². The quantitative estimate of drug-likeness (QED) is 0.867. The number of piperazine rings is 1. The summed E-state index contributed by atoms with van der Waals surface area (Å²) < 4.78 is 13.5. The summed E-state index contributed by atoms with van der Waals surface area (Å²) in [5.74, 6) is 0.564. The Balaban J connectivity index is 1.82. The molecule has 0 radical (unpaired) electrons. The van der Waals surface area contributed by atoms with Gasteiger partial charge < -0.3 is 10.2 Å². The van der Waals surface area contributed by atoms with Gasteiger partial charge in [-0.1, -0.05) is 12.1 Å². The Morgan fingerprint density at radius 3 is 2.95 bits per heavy atom. The third-order valence-electron chi connectivity index (χ3n) is 3.76. The van der Waals surface area contributed by atoms with Crippen molar-refractivity contribution in [1.29, 1.82) is 0 Å². The van der Waals surface area contributed by atoms with E-state index in [4.69, 9.17) is 0 Å². The number of nitrogens with one attached hydrogen (secondary N) is 1. The van der Waals surface area contributed by atoms with Crippen LogP contribution in [0, 0.1) is 5.82 Å². The van der Waals surface area contributed by atoms with Crippen molar-refractivity contribution in [1.82, 2.24) is 10.2 Å². The van der Waals surface area contributed by atoms with Gasteiger partial charge in [-0.25, -0.2) is 4.39 Å². The third kappa shape index (κ3) is 3.73. The number of carbonyl (C=O) groups excluding carboxylic acids is 1. The maximum atomic E-state index is 13.5. The Labute approximate surface area is 123 Å². The number of thioether (sulfide) groups is 1. The average Bonchev–Trinajstić information content (AvgIpc) is 2.44. The molecule has 110 valence electrons. The lowest BCUT2D eigenvalue weighted by molar-refractivity contribution is -0.134. The number of benzene rings is 1. The molecule has 0 saturated carbocycles. The fourth-order valence-electron chi connectivity index (χ4n) is 2.36. The minimum absolute atomic E-state index is 0.162. The standard InChI is InChI=1S/C15H21FN2OS/c1-11-12(2)18(9-8-17-11)15(19)7-10-20-14-6-4-3-5-13(14)16/h3-6,11-12,17H,7-10H2,1-2H3. The van der Waals surface area contributed by atoms with E-state index in [9.17, 15) is 9.18 Å². The molecule has 1 saturated heterocycles. The highest BCUT2D eigenvalue weighted by Crippen LogP contribution is 2.22. The molecule has 2 rings (SSSR count). The van der Waals surface area contributed by atoms with Crippen molar-refractivity contribution >= 4 is 17.7 Å². The van der Waals surface area contributed by atoms with Crippen LogP contribution in [0.1, 0.15) is 20.3 Å². The minimum Gasteiger partial charge on any atom is -0.337 e. The van der Waals surface area contributed by atoms with Crippen molar-refractivity contribution in [2.24, 2.45) is 0 Å². The van der Waals surface area contributed by atoms with Crippen LogP contribution in [0.15, 0.2) is 29.2 Å². The highest BCUT2D eigenvalue weighted by atomic mass is 32.2. The maximum absolute atomic E-state index is 13.5. The maximum Gasteiger partial charge on any atom is 0.223 e. The predicted octanol–water partition coefficient (Wildman–Crippen LogP) is 2.52. The van der Waals surface area contributed by atoms with E-state index >= 15 is 0 Å². The molecule has 1 amide bonds. The van der Waals surface area contributed by atoms with Crippen molar-refractivity contribution in [3.63, 3.8) is 0 Å². The van der Waals surface area contributed by atoms with E-state index in [1.807, 2.05) is 11.0 Å². The van der Waals surface area contributed by atoms with E-state index < -0.39 is 0 Å². The van der Waals surface area contributed by atoms with Crippen LogP contribution in [0.4, 0.5) is 4.39 Å². The topological polar surface area (TPSA) is 32.3 Å². The van der Waals surface area contributed by atoms with Gasteiger partial charge in [0, 0.05) is 42.2 Å². The highest BCUT2D eigenvalue weighted by molar-refractivity contribution is 7.99.